The number of aryl methyl sites for hydroxylation is 1. The van der Waals surface area contributed by atoms with Crippen molar-refractivity contribution < 1.29 is 4.79 Å². The normalized spacial score (nSPS) is 25.0. The first kappa shape index (κ1) is 15.2. The molecule has 2 fully saturated rings. The van der Waals surface area contributed by atoms with Gasteiger partial charge in [0.25, 0.3) is 11.5 Å². The molecule has 22 heavy (non-hydrogen) atoms. The topological polar surface area (TPSA) is 67.2 Å². The highest BCUT2D eigenvalue weighted by atomic mass is 16.2. The molecule has 0 saturated carbocycles. The maximum atomic E-state index is 12.4. The molecule has 6 heteroatoms. The van der Waals surface area contributed by atoms with Crippen molar-refractivity contribution in [1.82, 2.24) is 20.0 Å². The number of hydrogen-bond donors (Lipinski definition) is 1. The molecule has 6 nitrogen and oxygen atoms in total. The Morgan fingerprint density at radius 2 is 2.18 bits per heavy atom. The third-order valence-electron chi connectivity index (χ3n) is 4.71. The van der Waals surface area contributed by atoms with Crippen LogP contribution in [0.5, 0.6) is 0 Å². The van der Waals surface area contributed by atoms with Gasteiger partial charge < -0.3 is 5.32 Å². The largest absolute Gasteiger partial charge is 0.346 e. The standard InChI is InChI=1S/C16H24N4O2/c1-2-9-20-15(21)7-6-13(18-20)16(22)17-12-8-11-19-10-4-3-5-14(12)19/h6-7,12,14H,2-5,8-11H2,1H3,(H,17,22). The van der Waals surface area contributed by atoms with Crippen LogP contribution in [0.1, 0.15) is 49.5 Å². The van der Waals surface area contributed by atoms with Gasteiger partial charge in [-0.15, -0.1) is 0 Å². The van der Waals surface area contributed by atoms with Crippen LogP contribution in [0.4, 0.5) is 0 Å². The highest BCUT2D eigenvalue weighted by Gasteiger charge is 2.36. The van der Waals surface area contributed by atoms with Gasteiger partial charge in [-0.3, -0.25) is 14.5 Å². The van der Waals surface area contributed by atoms with Gasteiger partial charge in [0.2, 0.25) is 0 Å². The predicted molar refractivity (Wildman–Crippen MR) is 83.9 cm³/mol. The van der Waals surface area contributed by atoms with E-state index in [-0.39, 0.29) is 17.5 Å². The lowest BCUT2D eigenvalue weighted by atomic mass is 9.99. The highest BCUT2D eigenvalue weighted by Crippen LogP contribution is 2.27. The maximum absolute atomic E-state index is 12.4. The van der Waals surface area contributed by atoms with Gasteiger partial charge in [-0.2, -0.15) is 5.10 Å². The molecule has 2 saturated heterocycles. The number of nitrogens with zero attached hydrogens (tertiary/aromatic N) is 3. The summed E-state index contributed by atoms with van der Waals surface area (Å²) in [5, 5.41) is 7.31. The van der Waals surface area contributed by atoms with Crippen LogP contribution in [0.3, 0.4) is 0 Å². The summed E-state index contributed by atoms with van der Waals surface area (Å²) in [6, 6.07) is 3.64. The SMILES string of the molecule is CCCn1nc(C(=O)NC2CCN3CCCCC23)ccc1=O. The Balaban J connectivity index is 1.69. The Hall–Kier alpha value is -1.69. The number of carbonyl (C=O) groups is 1. The third-order valence-corrected chi connectivity index (χ3v) is 4.71. The van der Waals surface area contributed by atoms with E-state index in [0.717, 1.165) is 32.4 Å². The number of nitrogens with one attached hydrogen (secondary N) is 1. The van der Waals surface area contributed by atoms with Crippen LogP contribution in [0.2, 0.25) is 0 Å². The fraction of sp³-hybridized carbons (Fsp3) is 0.688. The fourth-order valence-corrected chi connectivity index (χ4v) is 3.60. The van der Waals surface area contributed by atoms with Gasteiger partial charge in [0.05, 0.1) is 0 Å². The number of aromatic nitrogens is 2. The van der Waals surface area contributed by atoms with E-state index in [1.807, 2.05) is 6.92 Å². The first-order valence-electron chi connectivity index (χ1n) is 8.32. The lowest BCUT2D eigenvalue weighted by molar-refractivity contribution is 0.0907. The van der Waals surface area contributed by atoms with Crippen LogP contribution in [-0.2, 0) is 6.54 Å². The van der Waals surface area contributed by atoms with Crippen molar-refractivity contribution in [3.05, 3.63) is 28.2 Å². The Morgan fingerprint density at radius 3 is 3.00 bits per heavy atom. The van der Waals surface area contributed by atoms with E-state index in [1.54, 1.807) is 0 Å². The molecule has 1 aromatic rings. The molecule has 120 valence electrons. The van der Waals surface area contributed by atoms with E-state index < -0.39 is 0 Å². The van der Waals surface area contributed by atoms with Crippen molar-refractivity contribution in [3.63, 3.8) is 0 Å². The summed E-state index contributed by atoms with van der Waals surface area (Å²) in [5.74, 6) is -0.165. The number of rotatable bonds is 4. The van der Waals surface area contributed by atoms with E-state index >= 15 is 0 Å². The first-order chi connectivity index (χ1) is 10.7. The van der Waals surface area contributed by atoms with E-state index in [2.05, 4.69) is 15.3 Å². The third kappa shape index (κ3) is 3.06. The second-order valence-corrected chi connectivity index (χ2v) is 6.25. The minimum absolute atomic E-state index is 0.155. The summed E-state index contributed by atoms with van der Waals surface area (Å²) < 4.78 is 1.37. The monoisotopic (exact) mass is 304 g/mol. The fourth-order valence-electron chi connectivity index (χ4n) is 3.60. The van der Waals surface area contributed by atoms with Crippen molar-refractivity contribution in [2.75, 3.05) is 13.1 Å². The van der Waals surface area contributed by atoms with Gasteiger partial charge in [0.15, 0.2) is 0 Å². The maximum Gasteiger partial charge on any atom is 0.271 e. The van der Waals surface area contributed by atoms with Gasteiger partial charge in [0, 0.05) is 31.2 Å². The number of amides is 1. The molecule has 2 atom stereocenters. The molecule has 0 radical (unpaired) electrons. The molecule has 3 rings (SSSR count). The van der Waals surface area contributed by atoms with Crippen molar-refractivity contribution >= 4 is 5.91 Å². The zero-order valence-electron chi connectivity index (χ0n) is 13.1. The van der Waals surface area contributed by atoms with Gasteiger partial charge in [-0.05, 0) is 38.3 Å². The van der Waals surface area contributed by atoms with Crippen LogP contribution in [0.15, 0.2) is 16.9 Å². The molecule has 1 amide bonds. The summed E-state index contributed by atoms with van der Waals surface area (Å²) in [7, 11) is 0. The predicted octanol–water partition coefficient (Wildman–Crippen LogP) is 1.01. The van der Waals surface area contributed by atoms with Crippen LogP contribution in [0.25, 0.3) is 0 Å². The van der Waals surface area contributed by atoms with Gasteiger partial charge >= 0.3 is 0 Å². The summed E-state index contributed by atoms with van der Waals surface area (Å²) >= 11 is 0. The molecular formula is C16H24N4O2. The van der Waals surface area contributed by atoms with E-state index in [1.165, 1.54) is 29.7 Å². The van der Waals surface area contributed by atoms with Gasteiger partial charge in [0.1, 0.15) is 5.69 Å². The minimum Gasteiger partial charge on any atom is -0.346 e. The van der Waals surface area contributed by atoms with E-state index in [0.29, 0.717) is 18.3 Å². The molecule has 1 aromatic heterocycles. The molecule has 0 aromatic carbocycles. The minimum atomic E-state index is -0.165. The highest BCUT2D eigenvalue weighted by molar-refractivity contribution is 5.92. The second-order valence-electron chi connectivity index (χ2n) is 6.25. The smallest absolute Gasteiger partial charge is 0.271 e. The van der Waals surface area contributed by atoms with Crippen molar-refractivity contribution in [1.29, 1.82) is 0 Å². The lowest BCUT2D eigenvalue weighted by Gasteiger charge is -2.32. The summed E-state index contributed by atoms with van der Waals surface area (Å²) in [5.41, 5.74) is 0.181. The second kappa shape index (κ2) is 6.60. The molecule has 0 spiro atoms. The number of fused-ring (bicyclic) bond motifs is 1. The average Bonchev–Trinajstić information content (AvgIpc) is 2.93. The Labute approximate surface area is 130 Å². The van der Waals surface area contributed by atoms with Crippen molar-refractivity contribution in [3.8, 4) is 0 Å². The van der Waals surface area contributed by atoms with Crippen molar-refractivity contribution in [2.24, 2.45) is 0 Å². The average molecular weight is 304 g/mol. The quantitative estimate of drug-likeness (QED) is 0.901. The number of piperidine rings is 1. The Morgan fingerprint density at radius 1 is 1.32 bits per heavy atom. The molecule has 3 heterocycles. The molecule has 0 bridgehead atoms. The van der Waals surface area contributed by atoms with Crippen LogP contribution in [-0.4, -0.2) is 45.8 Å². The zero-order valence-corrected chi connectivity index (χ0v) is 13.1. The van der Waals surface area contributed by atoms with Crippen LogP contribution < -0.4 is 10.9 Å². The van der Waals surface area contributed by atoms with Gasteiger partial charge in [-0.25, -0.2) is 4.68 Å². The lowest BCUT2D eigenvalue weighted by Crippen LogP contribution is -2.47. The molecule has 1 N–H and O–H groups in total. The number of carbonyl (C=O) groups excluding carboxylic acids is 1. The van der Waals surface area contributed by atoms with Crippen molar-refractivity contribution in [2.45, 2.75) is 57.7 Å². The van der Waals surface area contributed by atoms with E-state index in [9.17, 15) is 9.59 Å². The zero-order chi connectivity index (χ0) is 15.5. The molecule has 2 aliphatic heterocycles. The Kier molecular flexibility index (Phi) is 4.57. The van der Waals surface area contributed by atoms with E-state index in [4.69, 9.17) is 0 Å². The molecule has 2 aliphatic rings. The molecule has 2 unspecified atom stereocenters. The summed E-state index contributed by atoms with van der Waals surface area (Å²) in [6.45, 7) is 4.74. The summed E-state index contributed by atoms with van der Waals surface area (Å²) in [4.78, 5) is 26.6. The van der Waals surface area contributed by atoms with Gasteiger partial charge in [-0.1, -0.05) is 13.3 Å². The first-order valence-corrected chi connectivity index (χ1v) is 8.32. The number of hydrogen-bond acceptors (Lipinski definition) is 4. The summed E-state index contributed by atoms with van der Waals surface area (Å²) in [6.07, 6.45) is 5.49. The van der Waals surface area contributed by atoms with Crippen LogP contribution in [0, 0.1) is 0 Å². The molecular weight excluding hydrogens is 280 g/mol. The molecule has 0 aliphatic carbocycles. The Bertz CT molecular complexity index is 598. The van der Waals surface area contributed by atoms with Crippen LogP contribution >= 0.6 is 0 Å².